The summed E-state index contributed by atoms with van der Waals surface area (Å²) in [5.74, 6) is -6.10. The summed E-state index contributed by atoms with van der Waals surface area (Å²) in [7, 11) is -4.86. The summed E-state index contributed by atoms with van der Waals surface area (Å²) in [6, 6.07) is 0.962. The molecule has 0 spiro atoms. The van der Waals surface area contributed by atoms with Crippen molar-refractivity contribution in [2.75, 3.05) is 13.1 Å². The molecule has 21 heavy (non-hydrogen) atoms. The molecule has 0 saturated carbocycles. The van der Waals surface area contributed by atoms with Crippen LogP contribution in [0.25, 0.3) is 0 Å². The van der Waals surface area contributed by atoms with Gasteiger partial charge in [0.15, 0.2) is 0 Å². The van der Waals surface area contributed by atoms with Crippen LogP contribution in [0, 0.1) is 5.92 Å². The molecule has 10 heteroatoms. The lowest BCUT2D eigenvalue weighted by Gasteiger charge is -2.15. The molecular weight excluding hydrogens is 328 g/mol. The molecule has 1 saturated heterocycles. The monoisotopic (exact) mass is 339 g/mol. The standard InChI is InChI=1S/C11H11F2NO5S2/c12-11(13)21(18,19)7-2-4-20-8(7)9(15)14-3-1-6(5-14)10(16)17/h2,4,6,11H,1,3,5H2,(H,16,17). The Hall–Kier alpha value is -1.55. The van der Waals surface area contributed by atoms with Gasteiger partial charge in [-0.25, -0.2) is 8.42 Å². The van der Waals surface area contributed by atoms with Gasteiger partial charge in [-0.1, -0.05) is 0 Å². The minimum Gasteiger partial charge on any atom is -0.481 e. The van der Waals surface area contributed by atoms with Gasteiger partial charge in [-0.2, -0.15) is 8.78 Å². The molecule has 2 rings (SSSR count). The molecule has 1 aliphatic rings. The molecule has 0 aromatic carbocycles. The Kier molecular flexibility index (Phi) is 4.28. The third kappa shape index (κ3) is 2.91. The molecule has 0 aliphatic carbocycles. The predicted octanol–water partition coefficient (Wildman–Crippen LogP) is 1.29. The number of hydrogen-bond acceptors (Lipinski definition) is 5. The van der Waals surface area contributed by atoms with Gasteiger partial charge in [0.2, 0.25) is 9.84 Å². The van der Waals surface area contributed by atoms with Gasteiger partial charge in [-0.3, -0.25) is 9.59 Å². The number of carboxylic acids is 1. The predicted molar refractivity (Wildman–Crippen MR) is 69.2 cm³/mol. The number of carbonyl (C=O) groups excluding carboxylic acids is 1. The topological polar surface area (TPSA) is 91.8 Å². The fourth-order valence-electron chi connectivity index (χ4n) is 2.06. The number of sulfone groups is 1. The van der Waals surface area contributed by atoms with Crippen molar-refractivity contribution in [3.8, 4) is 0 Å². The van der Waals surface area contributed by atoms with E-state index in [9.17, 15) is 26.8 Å². The molecule has 1 aromatic heterocycles. The summed E-state index contributed by atoms with van der Waals surface area (Å²) in [4.78, 5) is 23.2. The first-order valence-corrected chi connectivity index (χ1v) is 8.29. The van der Waals surface area contributed by atoms with Crippen LogP contribution in [0.4, 0.5) is 8.78 Å². The molecular formula is C11H11F2NO5S2. The number of carboxylic acid groups (broad SMARTS) is 1. The Morgan fingerprint density at radius 1 is 1.43 bits per heavy atom. The van der Waals surface area contributed by atoms with Crippen LogP contribution in [0.3, 0.4) is 0 Å². The summed E-state index contributed by atoms with van der Waals surface area (Å²) in [6.45, 7) is 0.0993. The number of hydrogen-bond donors (Lipinski definition) is 1. The van der Waals surface area contributed by atoms with Crippen LogP contribution >= 0.6 is 11.3 Å². The van der Waals surface area contributed by atoms with Crippen molar-refractivity contribution in [2.24, 2.45) is 5.92 Å². The molecule has 6 nitrogen and oxygen atoms in total. The second-order valence-electron chi connectivity index (χ2n) is 4.49. The summed E-state index contributed by atoms with van der Waals surface area (Å²) >= 11 is 0.747. The highest BCUT2D eigenvalue weighted by molar-refractivity contribution is 7.92. The van der Waals surface area contributed by atoms with Crippen LogP contribution in [-0.4, -0.2) is 49.1 Å². The van der Waals surface area contributed by atoms with Gasteiger partial charge in [0, 0.05) is 13.1 Å². The van der Waals surface area contributed by atoms with E-state index in [2.05, 4.69) is 0 Å². The van der Waals surface area contributed by atoms with E-state index in [1.54, 1.807) is 0 Å². The normalized spacial score (nSPS) is 19.2. The number of rotatable bonds is 4. The number of carbonyl (C=O) groups is 2. The van der Waals surface area contributed by atoms with E-state index in [4.69, 9.17) is 5.11 Å². The average molecular weight is 339 g/mol. The van der Waals surface area contributed by atoms with Crippen molar-refractivity contribution in [2.45, 2.75) is 17.1 Å². The van der Waals surface area contributed by atoms with E-state index < -0.39 is 38.3 Å². The fourth-order valence-corrected chi connectivity index (χ4v) is 4.19. The minimum absolute atomic E-state index is 0.0553. The third-order valence-electron chi connectivity index (χ3n) is 3.19. The van der Waals surface area contributed by atoms with Crippen molar-refractivity contribution < 1.29 is 31.9 Å². The van der Waals surface area contributed by atoms with Crippen LogP contribution in [0.5, 0.6) is 0 Å². The fraction of sp³-hybridized carbons (Fsp3) is 0.455. The van der Waals surface area contributed by atoms with Crippen molar-refractivity contribution in [1.29, 1.82) is 0 Å². The largest absolute Gasteiger partial charge is 0.481 e. The highest BCUT2D eigenvalue weighted by Crippen LogP contribution is 2.29. The van der Waals surface area contributed by atoms with Crippen LogP contribution in [0.1, 0.15) is 16.1 Å². The highest BCUT2D eigenvalue weighted by Gasteiger charge is 2.36. The van der Waals surface area contributed by atoms with Crippen LogP contribution in [0.2, 0.25) is 0 Å². The Balaban J connectivity index is 2.27. The maximum Gasteiger partial charge on any atom is 0.341 e. The van der Waals surface area contributed by atoms with Gasteiger partial charge in [0.05, 0.1) is 10.8 Å². The second kappa shape index (κ2) is 5.68. The zero-order chi connectivity index (χ0) is 15.8. The molecule has 1 fully saturated rings. The minimum atomic E-state index is -4.86. The Morgan fingerprint density at radius 2 is 2.10 bits per heavy atom. The zero-order valence-corrected chi connectivity index (χ0v) is 12.2. The first-order chi connectivity index (χ1) is 9.75. The van der Waals surface area contributed by atoms with Gasteiger partial charge in [0.25, 0.3) is 5.91 Å². The average Bonchev–Trinajstić information content (AvgIpc) is 3.07. The number of likely N-dealkylation sites (tertiary alicyclic amines) is 1. The van der Waals surface area contributed by atoms with Crippen LogP contribution in [-0.2, 0) is 14.6 Å². The van der Waals surface area contributed by atoms with Crippen molar-refractivity contribution in [3.05, 3.63) is 16.3 Å². The lowest BCUT2D eigenvalue weighted by Crippen LogP contribution is -2.30. The number of thiophene rings is 1. The molecule has 2 heterocycles. The third-order valence-corrected chi connectivity index (χ3v) is 5.64. The Labute approximate surface area is 122 Å². The number of alkyl halides is 2. The molecule has 1 unspecified atom stereocenters. The second-order valence-corrected chi connectivity index (χ2v) is 7.30. The van der Waals surface area contributed by atoms with Gasteiger partial charge in [-0.05, 0) is 17.9 Å². The van der Waals surface area contributed by atoms with E-state index in [0.717, 1.165) is 17.4 Å². The molecule has 0 radical (unpaired) electrons. The first-order valence-electron chi connectivity index (χ1n) is 5.86. The van der Waals surface area contributed by atoms with Crippen LogP contribution < -0.4 is 0 Å². The zero-order valence-electron chi connectivity index (χ0n) is 10.5. The molecule has 1 atom stereocenters. The van der Waals surface area contributed by atoms with Crippen LogP contribution in [0.15, 0.2) is 16.3 Å². The van der Waals surface area contributed by atoms with E-state index in [-0.39, 0.29) is 24.4 Å². The molecule has 0 bridgehead atoms. The Bertz CT molecular complexity index is 670. The molecule has 1 aromatic rings. The van der Waals surface area contributed by atoms with Crippen molar-refractivity contribution >= 4 is 33.1 Å². The first kappa shape index (κ1) is 15.8. The van der Waals surface area contributed by atoms with Crippen molar-refractivity contribution in [3.63, 3.8) is 0 Å². The quantitative estimate of drug-likeness (QED) is 0.892. The Morgan fingerprint density at radius 3 is 2.62 bits per heavy atom. The summed E-state index contributed by atoms with van der Waals surface area (Å²) < 4.78 is 48.2. The summed E-state index contributed by atoms with van der Waals surface area (Å²) in [6.07, 6.45) is 0.253. The van der Waals surface area contributed by atoms with E-state index >= 15 is 0 Å². The van der Waals surface area contributed by atoms with Crippen molar-refractivity contribution in [1.82, 2.24) is 4.90 Å². The van der Waals surface area contributed by atoms with Gasteiger partial charge >= 0.3 is 11.7 Å². The van der Waals surface area contributed by atoms with E-state index in [1.165, 1.54) is 10.3 Å². The highest BCUT2D eigenvalue weighted by atomic mass is 32.2. The molecule has 1 aliphatic heterocycles. The number of aliphatic carboxylic acids is 1. The van der Waals surface area contributed by atoms with Gasteiger partial charge < -0.3 is 10.0 Å². The number of nitrogens with zero attached hydrogens (tertiary/aromatic N) is 1. The summed E-state index contributed by atoms with van der Waals surface area (Å²) in [5, 5.41) is 10.1. The smallest absolute Gasteiger partial charge is 0.341 e. The van der Waals surface area contributed by atoms with E-state index in [1.807, 2.05) is 0 Å². The van der Waals surface area contributed by atoms with E-state index in [0.29, 0.717) is 0 Å². The van der Waals surface area contributed by atoms with Gasteiger partial charge in [0.1, 0.15) is 4.88 Å². The lowest BCUT2D eigenvalue weighted by molar-refractivity contribution is -0.141. The number of amides is 1. The maximum atomic E-state index is 12.6. The SMILES string of the molecule is O=C(O)C1CCN(C(=O)c2sccc2S(=O)(=O)C(F)F)C1. The molecule has 1 amide bonds. The summed E-state index contributed by atoms with van der Waals surface area (Å²) in [5.41, 5.74) is 0. The maximum absolute atomic E-state index is 12.6. The molecule has 1 N–H and O–H groups in total. The lowest BCUT2D eigenvalue weighted by atomic mass is 10.1. The molecule has 116 valence electrons. The number of halogens is 2. The van der Waals surface area contributed by atoms with Gasteiger partial charge in [-0.15, -0.1) is 11.3 Å².